The molecular weight excluding hydrogens is 444 g/mol. The molecule has 0 spiro atoms. The van der Waals surface area contributed by atoms with Gasteiger partial charge in [-0.2, -0.15) is 0 Å². The molecule has 3 rings (SSSR count). The maximum atomic E-state index is 13.2. The SMILES string of the molecule is C[C@@H](CO)NC(=O)C[C@H]1CC=CC[C@H](Cc2ccccc2)C(=O)OC[C@@H](c2ccccc2)NC1=O. The molecule has 1 heterocycles. The van der Waals surface area contributed by atoms with Gasteiger partial charge in [-0.15, -0.1) is 0 Å². The highest BCUT2D eigenvalue weighted by atomic mass is 16.5. The normalized spacial score (nSPS) is 22.2. The van der Waals surface area contributed by atoms with E-state index in [4.69, 9.17) is 4.74 Å². The second kappa shape index (κ2) is 13.4. The molecule has 0 bridgehead atoms. The van der Waals surface area contributed by atoms with Crippen LogP contribution >= 0.6 is 0 Å². The maximum Gasteiger partial charge on any atom is 0.309 e. The molecule has 0 saturated heterocycles. The number of hydrogen-bond acceptors (Lipinski definition) is 5. The Kier molecular flexibility index (Phi) is 10.0. The van der Waals surface area contributed by atoms with Gasteiger partial charge in [0.05, 0.1) is 24.5 Å². The van der Waals surface area contributed by atoms with Crippen molar-refractivity contribution in [3.05, 3.63) is 83.9 Å². The van der Waals surface area contributed by atoms with Crippen molar-refractivity contribution >= 4 is 17.8 Å². The lowest BCUT2D eigenvalue weighted by atomic mass is 9.94. The molecule has 2 aromatic rings. The van der Waals surface area contributed by atoms with Gasteiger partial charge in [-0.1, -0.05) is 72.8 Å². The molecule has 2 aromatic carbocycles. The average molecular weight is 479 g/mol. The maximum absolute atomic E-state index is 13.2. The Morgan fingerprint density at radius 3 is 2.31 bits per heavy atom. The zero-order chi connectivity index (χ0) is 25.0. The third-order valence-corrected chi connectivity index (χ3v) is 6.06. The summed E-state index contributed by atoms with van der Waals surface area (Å²) in [6.07, 6.45) is 5.14. The van der Waals surface area contributed by atoms with Crippen molar-refractivity contribution in [3.63, 3.8) is 0 Å². The Labute approximate surface area is 206 Å². The third kappa shape index (κ3) is 8.37. The van der Waals surface area contributed by atoms with Crippen molar-refractivity contribution in [2.24, 2.45) is 11.8 Å². The van der Waals surface area contributed by atoms with E-state index in [1.165, 1.54) is 0 Å². The number of aliphatic hydroxyl groups excluding tert-OH is 1. The molecule has 0 radical (unpaired) electrons. The van der Waals surface area contributed by atoms with Gasteiger partial charge in [0.2, 0.25) is 11.8 Å². The van der Waals surface area contributed by atoms with Crippen molar-refractivity contribution < 1.29 is 24.2 Å². The highest BCUT2D eigenvalue weighted by molar-refractivity contribution is 5.86. The van der Waals surface area contributed by atoms with Crippen molar-refractivity contribution in [1.82, 2.24) is 10.6 Å². The molecule has 35 heavy (non-hydrogen) atoms. The van der Waals surface area contributed by atoms with E-state index >= 15 is 0 Å². The number of amides is 2. The van der Waals surface area contributed by atoms with Crippen LogP contribution in [0.15, 0.2) is 72.8 Å². The van der Waals surface area contributed by atoms with Gasteiger partial charge < -0.3 is 20.5 Å². The minimum atomic E-state index is -0.592. The summed E-state index contributed by atoms with van der Waals surface area (Å²) < 4.78 is 5.70. The molecule has 186 valence electrons. The van der Waals surface area contributed by atoms with E-state index in [1.54, 1.807) is 6.92 Å². The van der Waals surface area contributed by atoms with Crippen molar-refractivity contribution in [2.45, 2.75) is 44.7 Å². The predicted octanol–water partition coefficient (Wildman–Crippen LogP) is 3.10. The number of rotatable bonds is 7. The van der Waals surface area contributed by atoms with E-state index in [0.717, 1.165) is 11.1 Å². The van der Waals surface area contributed by atoms with Gasteiger partial charge in [0, 0.05) is 12.5 Å². The zero-order valence-corrected chi connectivity index (χ0v) is 20.1. The van der Waals surface area contributed by atoms with E-state index in [9.17, 15) is 19.5 Å². The van der Waals surface area contributed by atoms with Gasteiger partial charge in [0.15, 0.2) is 0 Å². The van der Waals surface area contributed by atoms with Crippen molar-refractivity contribution in [2.75, 3.05) is 13.2 Å². The Hall–Kier alpha value is -3.45. The van der Waals surface area contributed by atoms with Crippen LogP contribution in [0.5, 0.6) is 0 Å². The topological polar surface area (TPSA) is 105 Å². The first-order valence-electron chi connectivity index (χ1n) is 12.1. The van der Waals surface area contributed by atoms with E-state index in [-0.39, 0.29) is 49.4 Å². The summed E-state index contributed by atoms with van der Waals surface area (Å²) in [5.41, 5.74) is 1.87. The van der Waals surface area contributed by atoms with Crippen LogP contribution in [0.2, 0.25) is 0 Å². The number of cyclic esters (lactones) is 1. The Bertz CT molecular complexity index is 993. The van der Waals surface area contributed by atoms with E-state index in [0.29, 0.717) is 19.3 Å². The smallest absolute Gasteiger partial charge is 0.309 e. The van der Waals surface area contributed by atoms with Gasteiger partial charge >= 0.3 is 5.97 Å². The molecular formula is C28H34N2O5. The van der Waals surface area contributed by atoms with Crippen molar-refractivity contribution in [1.29, 1.82) is 0 Å². The number of hydrogen-bond donors (Lipinski definition) is 3. The fraction of sp³-hybridized carbons (Fsp3) is 0.393. The van der Waals surface area contributed by atoms with Crippen LogP contribution in [0.25, 0.3) is 0 Å². The van der Waals surface area contributed by atoms with Gasteiger partial charge in [-0.25, -0.2) is 0 Å². The van der Waals surface area contributed by atoms with Crippen LogP contribution in [0.4, 0.5) is 0 Å². The monoisotopic (exact) mass is 478 g/mol. The largest absolute Gasteiger partial charge is 0.463 e. The first-order chi connectivity index (χ1) is 17.0. The highest BCUT2D eigenvalue weighted by Gasteiger charge is 2.27. The number of benzene rings is 2. The minimum Gasteiger partial charge on any atom is -0.463 e. The van der Waals surface area contributed by atoms with Crippen LogP contribution < -0.4 is 10.6 Å². The number of esters is 1. The fourth-order valence-corrected chi connectivity index (χ4v) is 4.05. The lowest BCUT2D eigenvalue weighted by molar-refractivity contribution is -0.150. The van der Waals surface area contributed by atoms with Crippen LogP contribution in [-0.2, 0) is 25.5 Å². The average Bonchev–Trinajstić information content (AvgIpc) is 2.87. The molecule has 1 aliphatic rings. The van der Waals surface area contributed by atoms with Crippen LogP contribution in [0.1, 0.15) is 43.4 Å². The number of carbonyl (C=O) groups is 3. The lowest BCUT2D eigenvalue weighted by Crippen LogP contribution is -2.41. The summed E-state index contributed by atoms with van der Waals surface area (Å²) in [6, 6.07) is 18.2. The lowest BCUT2D eigenvalue weighted by Gasteiger charge is -2.24. The van der Waals surface area contributed by atoms with Crippen LogP contribution in [0.3, 0.4) is 0 Å². The molecule has 0 fully saturated rings. The first-order valence-corrected chi connectivity index (χ1v) is 12.1. The zero-order valence-electron chi connectivity index (χ0n) is 20.1. The van der Waals surface area contributed by atoms with Gasteiger partial charge in [-0.3, -0.25) is 14.4 Å². The number of aliphatic hydroxyl groups is 1. The van der Waals surface area contributed by atoms with Crippen LogP contribution in [0, 0.1) is 11.8 Å². The Balaban J connectivity index is 1.81. The standard InChI is InChI=1S/C28H34N2O5/c1-20(18-31)29-26(32)17-23-14-8-9-15-24(16-21-10-4-2-5-11-21)28(34)35-19-25(30-27(23)33)22-12-6-3-7-13-22/h2-13,20,23-25,31H,14-19H2,1H3,(H,29,32)(H,30,33)/t20-,23+,24+,25-/m0/s1. The summed E-state index contributed by atoms with van der Waals surface area (Å²) in [5, 5.41) is 14.9. The molecule has 7 heteroatoms. The second-order valence-corrected chi connectivity index (χ2v) is 8.98. The Morgan fingerprint density at radius 2 is 1.66 bits per heavy atom. The quantitative estimate of drug-likeness (QED) is 0.419. The van der Waals surface area contributed by atoms with E-state index < -0.39 is 12.0 Å². The summed E-state index contributed by atoms with van der Waals surface area (Å²) >= 11 is 0. The molecule has 7 nitrogen and oxygen atoms in total. The second-order valence-electron chi connectivity index (χ2n) is 8.98. The number of carbonyl (C=O) groups excluding carboxylic acids is 3. The summed E-state index contributed by atoms with van der Waals surface area (Å²) in [5.74, 6) is -1.83. The van der Waals surface area contributed by atoms with Crippen molar-refractivity contribution in [3.8, 4) is 0 Å². The molecule has 3 N–H and O–H groups in total. The fourth-order valence-electron chi connectivity index (χ4n) is 4.05. The summed E-state index contributed by atoms with van der Waals surface area (Å²) in [4.78, 5) is 38.6. The summed E-state index contributed by atoms with van der Waals surface area (Å²) in [6.45, 7) is 1.53. The summed E-state index contributed by atoms with van der Waals surface area (Å²) in [7, 11) is 0. The molecule has 0 unspecified atom stereocenters. The number of allylic oxidation sites excluding steroid dienone is 2. The molecule has 2 amide bonds. The van der Waals surface area contributed by atoms with Crippen LogP contribution in [-0.4, -0.2) is 42.1 Å². The molecule has 0 aromatic heterocycles. The number of nitrogens with one attached hydrogen (secondary N) is 2. The number of ether oxygens (including phenoxy) is 1. The molecule has 1 aliphatic heterocycles. The molecule has 0 saturated carbocycles. The Morgan fingerprint density at radius 1 is 1.03 bits per heavy atom. The van der Waals surface area contributed by atoms with Gasteiger partial charge in [-0.05, 0) is 37.3 Å². The first kappa shape index (κ1) is 26.2. The third-order valence-electron chi connectivity index (χ3n) is 6.06. The highest BCUT2D eigenvalue weighted by Crippen LogP contribution is 2.21. The molecule has 0 aliphatic carbocycles. The van der Waals surface area contributed by atoms with E-state index in [1.807, 2.05) is 72.8 Å². The van der Waals surface area contributed by atoms with Gasteiger partial charge in [0.25, 0.3) is 0 Å². The minimum absolute atomic E-state index is 0.00402. The van der Waals surface area contributed by atoms with E-state index in [2.05, 4.69) is 10.6 Å². The molecule has 4 atom stereocenters. The predicted molar refractivity (Wildman–Crippen MR) is 133 cm³/mol. The van der Waals surface area contributed by atoms with Gasteiger partial charge in [0.1, 0.15) is 6.61 Å².